The van der Waals surface area contributed by atoms with Crippen molar-refractivity contribution in [1.29, 1.82) is 0 Å². The average Bonchev–Trinajstić information content (AvgIpc) is 2.19. The lowest BCUT2D eigenvalue weighted by atomic mass is 10.0. The van der Waals surface area contributed by atoms with Crippen LogP contribution < -0.4 is 5.32 Å². The summed E-state index contributed by atoms with van der Waals surface area (Å²) in [6.07, 6.45) is 2.34. The van der Waals surface area contributed by atoms with Crippen molar-refractivity contribution in [2.24, 2.45) is 0 Å². The molecule has 0 saturated carbocycles. The lowest BCUT2D eigenvalue weighted by Gasteiger charge is -2.15. The molecule has 0 fully saturated rings. The van der Waals surface area contributed by atoms with Crippen molar-refractivity contribution in [1.82, 2.24) is 5.32 Å². The molecule has 13 heavy (non-hydrogen) atoms. The van der Waals surface area contributed by atoms with E-state index in [4.69, 9.17) is 0 Å². The predicted octanol–water partition coefficient (Wildman–Crippen LogP) is 2.62. The molecule has 0 heterocycles. The summed E-state index contributed by atoms with van der Waals surface area (Å²) in [5, 5.41) is 3.48. The van der Waals surface area contributed by atoms with E-state index in [0.29, 0.717) is 6.04 Å². The minimum absolute atomic E-state index is 0.632. The average molecular weight is 177 g/mol. The Kier molecular flexibility index (Phi) is 4.55. The Hall–Kier alpha value is -0.820. The van der Waals surface area contributed by atoms with Gasteiger partial charge in [-0.1, -0.05) is 44.2 Å². The highest BCUT2D eigenvalue weighted by molar-refractivity contribution is 5.15. The maximum absolute atomic E-state index is 3.48. The molecule has 0 aliphatic carbocycles. The van der Waals surface area contributed by atoms with Gasteiger partial charge >= 0.3 is 0 Å². The maximum atomic E-state index is 3.48. The van der Waals surface area contributed by atoms with Crippen LogP contribution in [0.4, 0.5) is 0 Å². The number of rotatable bonds is 5. The second-order valence-electron chi connectivity index (χ2n) is 3.35. The van der Waals surface area contributed by atoms with E-state index in [1.54, 1.807) is 0 Å². The second kappa shape index (κ2) is 5.76. The van der Waals surface area contributed by atoms with Gasteiger partial charge < -0.3 is 5.32 Å². The molecule has 0 aliphatic rings. The van der Waals surface area contributed by atoms with Crippen molar-refractivity contribution in [3.63, 3.8) is 0 Å². The van der Waals surface area contributed by atoms with Gasteiger partial charge in [0, 0.05) is 6.04 Å². The van der Waals surface area contributed by atoms with Gasteiger partial charge in [-0.25, -0.2) is 0 Å². The maximum Gasteiger partial charge on any atom is 0.0105 e. The summed E-state index contributed by atoms with van der Waals surface area (Å²) in [4.78, 5) is 0. The molecule has 1 N–H and O–H groups in total. The van der Waals surface area contributed by atoms with Gasteiger partial charge in [0.15, 0.2) is 0 Å². The van der Waals surface area contributed by atoms with Gasteiger partial charge in [0.25, 0.3) is 0 Å². The standard InChI is InChI=1S/C12H19N/c1-3-12(13-4-2)10-11-8-6-5-7-9-11/h5-9,12-13H,3-4,10H2,1-2H3/t12-/m0/s1. The Labute approximate surface area is 81.2 Å². The van der Waals surface area contributed by atoms with E-state index >= 15 is 0 Å². The van der Waals surface area contributed by atoms with Crippen molar-refractivity contribution in [2.45, 2.75) is 32.7 Å². The molecule has 0 bridgehead atoms. The molecule has 0 amide bonds. The van der Waals surface area contributed by atoms with E-state index < -0.39 is 0 Å². The zero-order valence-corrected chi connectivity index (χ0v) is 8.59. The molecule has 1 nitrogen and oxygen atoms in total. The molecule has 1 aromatic carbocycles. The smallest absolute Gasteiger partial charge is 0.0105 e. The molecule has 1 rings (SSSR count). The van der Waals surface area contributed by atoms with Crippen LogP contribution in [0.1, 0.15) is 25.8 Å². The molecular formula is C12H19N. The first-order valence-electron chi connectivity index (χ1n) is 5.14. The number of nitrogens with one attached hydrogen (secondary N) is 1. The number of likely N-dealkylation sites (N-methyl/N-ethyl adjacent to an activating group) is 1. The summed E-state index contributed by atoms with van der Waals surface area (Å²) < 4.78 is 0. The van der Waals surface area contributed by atoms with Gasteiger partial charge in [-0.2, -0.15) is 0 Å². The van der Waals surface area contributed by atoms with Gasteiger partial charge in [-0.3, -0.25) is 0 Å². The molecule has 0 unspecified atom stereocenters. The largest absolute Gasteiger partial charge is 0.314 e. The molecule has 0 aliphatic heterocycles. The highest BCUT2D eigenvalue weighted by Crippen LogP contribution is 2.04. The molecule has 1 aromatic rings. The number of hydrogen-bond donors (Lipinski definition) is 1. The van der Waals surface area contributed by atoms with Crippen LogP contribution in [0.5, 0.6) is 0 Å². The molecule has 0 saturated heterocycles. The summed E-state index contributed by atoms with van der Waals surface area (Å²) in [6, 6.07) is 11.3. The van der Waals surface area contributed by atoms with Crippen molar-refractivity contribution in [2.75, 3.05) is 6.54 Å². The monoisotopic (exact) mass is 177 g/mol. The van der Waals surface area contributed by atoms with E-state index in [2.05, 4.69) is 49.5 Å². The van der Waals surface area contributed by atoms with Crippen molar-refractivity contribution >= 4 is 0 Å². The molecule has 0 radical (unpaired) electrons. The van der Waals surface area contributed by atoms with Crippen LogP contribution in [0.15, 0.2) is 30.3 Å². The van der Waals surface area contributed by atoms with E-state index in [0.717, 1.165) is 13.0 Å². The third-order valence-corrected chi connectivity index (χ3v) is 2.31. The Morgan fingerprint density at radius 1 is 1.15 bits per heavy atom. The third kappa shape index (κ3) is 3.60. The Morgan fingerprint density at radius 3 is 2.38 bits per heavy atom. The highest BCUT2D eigenvalue weighted by atomic mass is 14.9. The summed E-state index contributed by atoms with van der Waals surface area (Å²) in [5.74, 6) is 0. The van der Waals surface area contributed by atoms with E-state index in [1.165, 1.54) is 12.0 Å². The number of hydrogen-bond acceptors (Lipinski definition) is 1. The van der Waals surface area contributed by atoms with Crippen LogP contribution in [0.25, 0.3) is 0 Å². The van der Waals surface area contributed by atoms with Crippen LogP contribution in [-0.2, 0) is 6.42 Å². The first-order valence-corrected chi connectivity index (χ1v) is 5.14. The Morgan fingerprint density at radius 2 is 1.85 bits per heavy atom. The molecule has 72 valence electrons. The van der Waals surface area contributed by atoms with Gasteiger partial charge in [0.05, 0.1) is 0 Å². The summed E-state index contributed by atoms with van der Waals surface area (Å²) in [7, 11) is 0. The minimum Gasteiger partial charge on any atom is -0.314 e. The fourth-order valence-corrected chi connectivity index (χ4v) is 1.55. The topological polar surface area (TPSA) is 12.0 Å². The van der Waals surface area contributed by atoms with Crippen LogP contribution in [0.3, 0.4) is 0 Å². The van der Waals surface area contributed by atoms with E-state index in [-0.39, 0.29) is 0 Å². The fourth-order valence-electron chi connectivity index (χ4n) is 1.55. The SMILES string of the molecule is CCN[C@@H](CC)Cc1ccccc1. The lowest BCUT2D eigenvalue weighted by molar-refractivity contribution is 0.510. The normalized spacial score (nSPS) is 12.8. The van der Waals surface area contributed by atoms with Crippen LogP contribution in [0.2, 0.25) is 0 Å². The first-order chi connectivity index (χ1) is 6.36. The fraction of sp³-hybridized carbons (Fsp3) is 0.500. The zero-order chi connectivity index (χ0) is 9.52. The minimum atomic E-state index is 0.632. The van der Waals surface area contributed by atoms with Gasteiger partial charge in [0.1, 0.15) is 0 Å². The Balaban J connectivity index is 2.46. The summed E-state index contributed by atoms with van der Waals surface area (Å²) in [5.41, 5.74) is 1.43. The van der Waals surface area contributed by atoms with Gasteiger partial charge in [0.2, 0.25) is 0 Å². The third-order valence-electron chi connectivity index (χ3n) is 2.31. The van der Waals surface area contributed by atoms with E-state index in [1.807, 2.05) is 0 Å². The summed E-state index contributed by atoms with van der Waals surface area (Å²) >= 11 is 0. The molecular weight excluding hydrogens is 158 g/mol. The van der Waals surface area contributed by atoms with Crippen LogP contribution >= 0.6 is 0 Å². The quantitative estimate of drug-likeness (QED) is 0.729. The Bertz CT molecular complexity index is 218. The predicted molar refractivity (Wildman–Crippen MR) is 57.9 cm³/mol. The molecule has 1 heteroatoms. The second-order valence-corrected chi connectivity index (χ2v) is 3.35. The van der Waals surface area contributed by atoms with Crippen molar-refractivity contribution < 1.29 is 0 Å². The van der Waals surface area contributed by atoms with E-state index in [9.17, 15) is 0 Å². The summed E-state index contributed by atoms with van der Waals surface area (Å²) in [6.45, 7) is 5.45. The molecule has 0 spiro atoms. The zero-order valence-electron chi connectivity index (χ0n) is 8.59. The lowest BCUT2D eigenvalue weighted by Crippen LogP contribution is -2.30. The van der Waals surface area contributed by atoms with Crippen LogP contribution in [0, 0.1) is 0 Å². The first kappa shape index (κ1) is 10.3. The van der Waals surface area contributed by atoms with Gasteiger partial charge in [-0.15, -0.1) is 0 Å². The number of benzene rings is 1. The molecule has 0 aromatic heterocycles. The van der Waals surface area contributed by atoms with Crippen molar-refractivity contribution in [3.8, 4) is 0 Å². The highest BCUT2D eigenvalue weighted by Gasteiger charge is 2.04. The molecule has 1 atom stereocenters. The van der Waals surface area contributed by atoms with Gasteiger partial charge in [-0.05, 0) is 24.9 Å². The van der Waals surface area contributed by atoms with Crippen LogP contribution in [-0.4, -0.2) is 12.6 Å². The van der Waals surface area contributed by atoms with Crippen molar-refractivity contribution in [3.05, 3.63) is 35.9 Å².